The number of aliphatic carboxylic acids is 1. The van der Waals surface area contributed by atoms with Crippen LogP contribution in [-0.2, 0) is 14.4 Å². The first-order valence-electron chi connectivity index (χ1n) is 6.39. The highest BCUT2D eigenvalue weighted by molar-refractivity contribution is 5.87. The van der Waals surface area contributed by atoms with E-state index in [0.717, 1.165) is 0 Å². The van der Waals surface area contributed by atoms with Crippen molar-refractivity contribution in [3.8, 4) is 0 Å². The molecule has 0 rings (SSSR count). The zero-order valence-corrected chi connectivity index (χ0v) is 11.6. The molecule has 0 heterocycles. The molecule has 10 heteroatoms. The molecule has 10 N–H and O–H groups in total. The van der Waals surface area contributed by atoms with Gasteiger partial charge in [-0.05, 0) is 19.3 Å². The molecule has 2 atom stereocenters. The highest BCUT2D eigenvalue weighted by Gasteiger charge is 2.23. The maximum absolute atomic E-state index is 11.7. The van der Waals surface area contributed by atoms with Crippen LogP contribution in [0.4, 0.5) is 0 Å². The molecule has 2 amide bonds. The lowest BCUT2D eigenvalue weighted by Gasteiger charge is -2.17. The number of carboxylic acids is 1. The third-order valence-electron chi connectivity index (χ3n) is 2.64. The van der Waals surface area contributed by atoms with Gasteiger partial charge in [0, 0.05) is 13.0 Å². The SMILES string of the molecule is N=C(N)NCCC[C@H](N)C(=O)N[C@@H](CCC(N)=O)C(=O)O. The van der Waals surface area contributed by atoms with Crippen molar-refractivity contribution in [2.45, 2.75) is 37.8 Å². The van der Waals surface area contributed by atoms with E-state index in [1.54, 1.807) is 0 Å². The molecule has 0 aromatic heterocycles. The largest absolute Gasteiger partial charge is 0.480 e. The molecule has 0 aromatic carbocycles. The van der Waals surface area contributed by atoms with E-state index < -0.39 is 29.9 Å². The minimum atomic E-state index is -1.25. The van der Waals surface area contributed by atoms with Crippen LogP contribution in [0.1, 0.15) is 25.7 Å². The summed E-state index contributed by atoms with van der Waals surface area (Å²) in [5.41, 5.74) is 15.6. The third kappa shape index (κ3) is 9.21. The van der Waals surface area contributed by atoms with Gasteiger partial charge in [0.25, 0.3) is 0 Å². The van der Waals surface area contributed by atoms with E-state index in [-0.39, 0.29) is 18.8 Å². The standard InChI is InChI=1S/C11H22N6O4/c12-6(2-1-5-16-11(14)15)9(19)17-7(10(20)21)3-4-8(13)18/h6-7H,1-5,12H2,(H2,13,18)(H,17,19)(H,20,21)(H4,14,15,16)/t6-,7-/m0/s1. The average Bonchev–Trinajstić information content (AvgIpc) is 2.38. The number of carbonyl (C=O) groups excluding carboxylic acids is 2. The molecular weight excluding hydrogens is 280 g/mol. The van der Waals surface area contributed by atoms with E-state index >= 15 is 0 Å². The fourth-order valence-corrected chi connectivity index (χ4v) is 1.50. The summed E-state index contributed by atoms with van der Waals surface area (Å²) in [4.78, 5) is 33.3. The Hall–Kier alpha value is -2.36. The van der Waals surface area contributed by atoms with Crippen molar-refractivity contribution in [3.05, 3.63) is 0 Å². The number of nitrogens with one attached hydrogen (secondary N) is 3. The van der Waals surface area contributed by atoms with Crippen LogP contribution in [0.5, 0.6) is 0 Å². The Balaban J connectivity index is 4.18. The van der Waals surface area contributed by atoms with Gasteiger partial charge in [-0.3, -0.25) is 15.0 Å². The van der Waals surface area contributed by atoms with Gasteiger partial charge >= 0.3 is 5.97 Å². The Morgan fingerprint density at radius 3 is 2.29 bits per heavy atom. The number of primary amides is 1. The van der Waals surface area contributed by atoms with Crippen molar-refractivity contribution in [1.82, 2.24) is 10.6 Å². The first-order valence-corrected chi connectivity index (χ1v) is 6.39. The van der Waals surface area contributed by atoms with Crippen molar-refractivity contribution < 1.29 is 19.5 Å². The lowest BCUT2D eigenvalue weighted by molar-refractivity contribution is -0.142. The molecular formula is C11H22N6O4. The van der Waals surface area contributed by atoms with Crippen molar-refractivity contribution in [2.75, 3.05) is 6.54 Å². The van der Waals surface area contributed by atoms with Gasteiger partial charge in [0.1, 0.15) is 6.04 Å². The summed E-state index contributed by atoms with van der Waals surface area (Å²) in [6.45, 7) is 0.389. The first-order chi connectivity index (χ1) is 9.73. The lowest BCUT2D eigenvalue weighted by atomic mass is 10.1. The number of hydrogen-bond donors (Lipinski definition) is 7. The number of carboxylic acid groups (broad SMARTS) is 1. The molecule has 0 fully saturated rings. The number of amides is 2. The quantitative estimate of drug-likeness (QED) is 0.130. The first kappa shape index (κ1) is 18.6. The van der Waals surface area contributed by atoms with Gasteiger partial charge in [0.05, 0.1) is 6.04 Å². The van der Waals surface area contributed by atoms with Crippen LogP contribution >= 0.6 is 0 Å². The van der Waals surface area contributed by atoms with Gasteiger partial charge in [-0.15, -0.1) is 0 Å². The third-order valence-corrected chi connectivity index (χ3v) is 2.64. The zero-order valence-electron chi connectivity index (χ0n) is 11.6. The molecule has 0 saturated carbocycles. The van der Waals surface area contributed by atoms with Gasteiger partial charge < -0.3 is 32.9 Å². The fraction of sp³-hybridized carbons (Fsp3) is 0.636. The van der Waals surface area contributed by atoms with Crippen LogP contribution in [0.2, 0.25) is 0 Å². The molecule has 0 spiro atoms. The van der Waals surface area contributed by atoms with Crippen molar-refractivity contribution in [2.24, 2.45) is 17.2 Å². The zero-order chi connectivity index (χ0) is 16.4. The number of rotatable bonds is 10. The molecule has 0 saturated heterocycles. The Bertz CT molecular complexity index is 400. The number of guanidine groups is 1. The van der Waals surface area contributed by atoms with Crippen LogP contribution < -0.4 is 27.8 Å². The Labute approximate surface area is 121 Å². The minimum Gasteiger partial charge on any atom is -0.480 e. The topological polar surface area (TPSA) is 197 Å². The average molecular weight is 302 g/mol. The van der Waals surface area contributed by atoms with E-state index in [2.05, 4.69) is 10.6 Å². The van der Waals surface area contributed by atoms with E-state index in [4.69, 9.17) is 27.7 Å². The Kier molecular flexibility index (Phi) is 8.46. The second kappa shape index (κ2) is 9.53. The molecule has 0 unspecified atom stereocenters. The predicted molar refractivity (Wildman–Crippen MR) is 75.1 cm³/mol. The van der Waals surface area contributed by atoms with E-state index in [9.17, 15) is 14.4 Å². The maximum atomic E-state index is 11.7. The predicted octanol–water partition coefficient (Wildman–Crippen LogP) is -2.59. The number of carbonyl (C=O) groups is 3. The molecule has 10 nitrogen and oxygen atoms in total. The van der Waals surface area contributed by atoms with Gasteiger partial charge in [-0.1, -0.05) is 0 Å². The van der Waals surface area contributed by atoms with Crippen LogP contribution in [0.3, 0.4) is 0 Å². The summed E-state index contributed by atoms with van der Waals surface area (Å²) in [5, 5.41) is 20.7. The molecule has 0 aliphatic heterocycles. The summed E-state index contributed by atoms with van der Waals surface area (Å²) in [5.74, 6) is -2.69. The molecule has 120 valence electrons. The van der Waals surface area contributed by atoms with Gasteiger partial charge in [-0.2, -0.15) is 0 Å². The van der Waals surface area contributed by atoms with Crippen molar-refractivity contribution in [3.63, 3.8) is 0 Å². The smallest absolute Gasteiger partial charge is 0.326 e. The molecule has 0 aliphatic carbocycles. The second-order valence-electron chi connectivity index (χ2n) is 4.49. The lowest BCUT2D eigenvalue weighted by Crippen LogP contribution is -2.48. The van der Waals surface area contributed by atoms with Crippen molar-refractivity contribution >= 4 is 23.7 Å². The highest BCUT2D eigenvalue weighted by atomic mass is 16.4. The van der Waals surface area contributed by atoms with E-state index in [0.29, 0.717) is 19.4 Å². The fourth-order valence-electron chi connectivity index (χ4n) is 1.50. The van der Waals surface area contributed by atoms with Crippen LogP contribution in [0.25, 0.3) is 0 Å². The minimum absolute atomic E-state index is 0.0883. The monoisotopic (exact) mass is 302 g/mol. The Morgan fingerprint density at radius 1 is 1.19 bits per heavy atom. The summed E-state index contributed by atoms with van der Waals surface area (Å²) in [7, 11) is 0. The van der Waals surface area contributed by atoms with Gasteiger partial charge in [0.2, 0.25) is 11.8 Å². The molecule has 0 aromatic rings. The summed E-state index contributed by atoms with van der Waals surface area (Å²) < 4.78 is 0. The van der Waals surface area contributed by atoms with Crippen LogP contribution in [0, 0.1) is 5.41 Å². The van der Waals surface area contributed by atoms with Gasteiger partial charge in [0.15, 0.2) is 5.96 Å². The molecule has 0 aliphatic rings. The molecule has 21 heavy (non-hydrogen) atoms. The second-order valence-corrected chi connectivity index (χ2v) is 4.49. The summed E-state index contributed by atoms with van der Waals surface area (Å²) >= 11 is 0. The van der Waals surface area contributed by atoms with Crippen LogP contribution in [0.15, 0.2) is 0 Å². The maximum Gasteiger partial charge on any atom is 0.326 e. The van der Waals surface area contributed by atoms with E-state index in [1.165, 1.54) is 0 Å². The molecule has 0 bridgehead atoms. The number of nitrogens with two attached hydrogens (primary N) is 3. The normalized spacial score (nSPS) is 13.0. The van der Waals surface area contributed by atoms with E-state index in [1.807, 2.05) is 0 Å². The highest BCUT2D eigenvalue weighted by Crippen LogP contribution is 2.00. The Morgan fingerprint density at radius 2 is 1.81 bits per heavy atom. The van der Waals surface area contributed by atoms with Crippen LogP contribution in [-0.4, -0.2) is 47.5 Å². The number of hydrogen-bond acceptors (Lipinski definition) is 5. The summed E-state index contributed by atoms with van der Waals surface area (Å²) in [6, 6.07) is -2.08. The molecule has 0 radical (unpaired) electrons. The van der Waals surface area contributed by atoms with Gasteiger partial charge in [-0.25, -0.2) is 4.79 Å². The summed E-state index contributed by atoms with van der Waals surface area (Å²) in [6.07, 6.45) is 0.561. The van der Waals surface area contributed by atoms with Crippen molar-refractivity contribution in [1.29, 1.82) is 5.41 Å².